The van der Waals surface area contributed by atoms with Crippen molar-refractivity contribution in [3.05, 3.63) is 41.6 Å². The minimum Gasteiger partial charge on any atom is -0.376 e. The van der Waals surface area contributed by atoms with Crippen LogP contribution < -0.4 is 5.32 Å². The van der Waals surface area contributed by atoms with E-state index < -0.39 is 0 Å². The number of carbonyl (C=O) groups excluding carboxylic acids is 1. The van der Waals surface area contributed by atoms with Gasteiger partial charge in [0.15, 0.2) is 11.6 Å². The molecule has 1 amide bonds. The zero-order valence-corrected chi connectivity index (χ0v) is 15.9. The molecule has 1 saturated heterocycles. The zero-order valence-electron chi connectivity index (χ0n) is 15.9. The molecule has 0 aromatic carbocycles. The third-order valence-corrected chi connectivity index (χ3v) is 4.76. The molecule has 1 aliphatic heterocycles. The Bertz CT molecular complexity index is 974. The number of nitrogens with one attached hydrogen (secondary N) is 1. The number of pyridine rings is 1. The van der Waals surface area contributed by atoms with E-state index in [4.69, 9.17) is 9.26 Å². The second-order valence-corrected chi connectivity index (χ2v) is 6.67. The summed E-state index contributed by atoms with van der Waals surface area (Å²) in [6.45, 7) is 5.07. The van der Waals surface area contributed by atoms with Gasteiger partial charge in [-0.25, -0.2) is 9.67 Å². The van der Waals surface area contributed by atoms with Gasteiger partial charge in [-0.2, -0.15) is 10.1 Å². The van der Waals surface area contributed by atoms with Crippen LogP contribution in [-0.2, 0) is 11.2 Å². The second kappa shape index (κ2) is 7.89. The van der Waals surface area contributed by atoms with Gasteiger partial charge in [0, 0.05) is 31.3 Å². The first-order valence-corrected chi connectivity index (χ1v) is 9.39. The van der Waals surface area contributed by atoms with Crippen LogP contribution in [0.4, 0.5) is 0 Å². The predicted molar refractivity (Wildman–Crippen MR) is 100 cm³/mol. The summed E-state index contributed by atoms with van der Waals surface area (Å²) in [6.07, 6.45) is 6.02. The van der Waals surface area contributed by atoms with Crippen LogP contribution in [0.25, 0.3) is 17.3 Å². The number of hydrogen-bond acceptors (Lipinski definition) is 7. The average Bonchev–Trinajstić information content (AvgIpc) is 3.47. The van der Waals surface area contributed by atoms with Crippen molar-refractivity contribution >= 4 is 5.91 Å². The van der Waals surface area contributed by atoms with Crippen LogP contribution in [-0.4, -0.2) is 50.1 Å². The Morgan fingerprint density at radius 2 is 2.32 bits per heavy atom. The van der Waals surface area contributed by atoms with Crippen molar-refractivity contribution < 1.29 is 14.1 Å². The number of aryl methyl sites for hydroxylation is 1. The molecular weight excluding hydrogens is 360 g/mol. The van der Waals surface area contributed by atoms with Crippen molar-refractivity contribution in [3.8, 4) is 17.3 Å². The highest BCUT2D eigenvalue weighted by Crippen LogP contribution is 2.20. The first kappa shape index (κ1) is 18.3. The van der Waals surface area contributed by atoms with Crippen LogP contribution in [0.3, 0.4) is 0 Å². The Kier molecular flexibility index (Phi) is 5.16. The molecule has 0 spiro atoms. The van der Waals surface area contributed by atoms with E-state index in [2.05, 4.69) is 25.5 Å². The lowest BCUT2D eigenvalue weighted by Crippen LogP contribution is -2.32. The molecule has 1 atom stereocenters. The Morgan fingerprint density at radius 3 is 3.07 bits per heavy atom. The van der Waals surface area contributed by atoms with Gasteiger partial charge in [0.25, 0.3) is 11.8 Å². The molecule has 0 unspecified atom stereocenters. The van der Waals surface area contributed by atoms with Crippen LogP contribution in [0, 0.1) is 6.92 Å². The van der Waals surface area contributed by atoms with Crippen molar-refractivity contribution in [1.82, 2.24) is 30.2 Å². The van der Waals surface area contributed by atoms with E-state index in [1.54, 1.807) is 29.2 Å². The maximum atomic E-state index is 12.5. The van der Waals surface area contributed by atoms with Crippen LogP contribution in [0.1, 0.15) is 41.6 Å². The van der Waals surface area contributed by atoms with Gasteiger partial charge in [-0.05, 0) is 31.9 Å². The molecule has 0 bridgehead atoms. The quantitative estimate of drug-likeness (QED) is 0.695. The van der Waals surface area contributed by atoms with Crippen molar-refractivity contribution in [1.29, 1.82) is 0 Å². The maximum Gasteiger partial charge on any atom is 0.258 e. The van der Waals surface area contributed by atoms with E-state index in [1.807, 2.05) is 13.8 Å². The monoisotopic (exact) mass is 382 g/mol. The molecule has 1 aliphatic rings. The fourth-order valence-corrected chi connectivity index (χ4v) is 3.15. The molecule has 28 heavy (non-hydrogen) atoms. The lowest BCUT2D eigenvalue weighted by Gasteiger charge is -2.10. The molecule has 3 aromatic heterocycles. The first-order valence-electron chi connectivity index (χ1n) is 9.39. The van der Waals surface area contributed by atoms with E-state index in [1.165, 1.54) is 0 Å². The van der Waals surface area contributed by atoms with Gasteiger partial charge in [0.2, 0.25) is 0 Å². The summed E-state index contributed by atoms with van der Waals surface area (Å²) in [4.78, 5) is 21.2. The molecule has 9 nitrogen and oxygen atoms in total. The fraction of sp³-hybridized carbons (Fsp3) is 0.421. The van der Waals surface area contributed by atoms with Gasteiger partial charge in [-0.15, -0.1) is 0 Å². The Balaban J connectivity index is 1.53. The number of nitrogens with zero attached hydrogens (tertiary/aromatic N) is 5. The van der Waals surface area contributed by atoms with Gasteiger partial charge in [0.05, 0.1) is 23.6 Å². The fourth-order valence-electron chi connectivity index (χ4n) is 3.15. The van der Waals surface area contributed by atoms with Crippen LogP contribution in [0.15, 0.2) is 29.0 Å². The molecule has 3 aromatic rings. The Labute approximate surface area is 162 Å². The third kappa shape index (κ3) is 3.65. The summed E-state index contributed by atoms with van der Waals surface area (Å²) >= 11 is 0. The number of hydrogen-bond donors (Lipinski definition) is 1. The van der Waals surface area contributed by atoms with Gasteiger partial charge < -0.3 is 14.6 Å². The maximum absolute atomic E-state index is 12.5. The van der Waals surface area contributed by atoms with Gasteiger partial charge in [-0.3, -0.25) is 4.79 Å². The standard InChI is InChI=1S/C19H22N6O3/c1-3-16-23-19(28-24-16)13-6-7-20-17(9-13)25-12(2)15(11-22-25)18(26)21-10-14-5-4-8-27-14/h6-7,9,11,14H,3-5,8,10H2,1-2H3,(H,21,26)/t14-/m1/s1. The lowest BCUT2D eigenvalue weighted by atomic mass is 10.2. The molecule has 4 rings (SSSR count). The SMILES string of the molecule is CCc1noc(-c2ccnc(-n3ncc(C(=O)NC[C@H]4CCCO4)c3C)c2)n1. The van der Waals surface area contributed by atoms with E-state index in [0.29, 0.717) is 41.8 Å². The van der Waals surface area contributed by atoms with E-state index in [9.17, 15) is 4.79 Å². The van der Waals surface area contributed by atoms with Crippen LogP contribution >= 0.6 is 0 Å². The smallest absolute Gasteiger partial charge is 0.258 e. The minimum atomic E-state index is -0.167. The molecule has 0 saturated carbocycles. The average molecular weight is 382 g/mol. The summed E-state index contributed by atoms with van der Waals surface area (Å²) in [7, 11) is 0. The highest BCUT2D eigenvalue weighted by Gasteiger charge is 2.20. The zero-order chi connectivity index (χ0) is 19.5. The van der Waals surface area contributed by atoms with Crippen molar-refractivity contribution in [3.63, 3.8) is 0 Å². The van der Waals surface area contributed by atoms with Crippen LogP contribution in [0.5, 0.6) is 0 Å². The molecule has 0 radical (unpaired) electrons. The number of amides is 1. The van der Waals surface area contributed by atoms with E-state index >= 15 is 0 Å². The highest BCUT2D eigenvalue weighted by atomic mass is 16.5. The normalized spacial score (nSPS) is 16.4. The molecule has 9 heteroatoms. The Hall–Kier alpha value is -3.07. The molecule has 1 fully saturated rings. The van der Waals surface area contributed by atoms with Gasteiger partial charge in [-0.1, -0.05) is 12.1 Å². The predicted octanol–water partition coefficient (Wildman–Crippen LogP) is 2.10. The van der Waals surface area contributed by atoms with Gasteiger partial charge >= 0.3 is 0 Å². The summed E-state index contributed by atoms with van der Waals surface area (Å²) in [5, 5.41) is 11.2. The number of ether oxygens (including phenoxy) is 1. The minimum absolute atomic E-state index is 0.0973. The summed E-state index contributed by atoms with van der Waals surface area (Å²) in [5.41, 5.74) is 1.96. The van der Waals surface area contributed by atoms with Crippen molar-refractivity contribution in [2.24, 2.45) is 0 Å². The lowest BCUT2D eigenvalue weighted by molar-refractivity contribution is 0.0857. The molecule has 1 N–H and O–H groups in total. The van der Waals surface area contributed by atoms with E-state index in [0.717, 1.165) is 25.0 Å². The number of aromatic nitrogens is 5. The number of carbonyl (C=O) groups is 1. The van der Waals surface area contributed by atoms with Gasteiger partial charge in [0.1, 0.15) is 0 Å². The Morgan fingerprint density at radius 1 is 1.43 bits per heavy atom. The largest absolute Gasteiger partial charge is 0.376 e. The van der Waals surface area contributed by atoms with Crippen molar-refractivity contribution in [2.75, 3.05) is 13.2 Å². The first-order chi connectivity index (χ1) is 13.7. The molecule has 4 heterocycles. The molecule has 0 aliphatic carbocycles. The van der Waals surface area contributed by atoms with Crippen LogP contribution in [0.2, 0.25) is 0 Å². The second-order valence-electron chi connectivity index (χ2n) is 6.67. The summed E-state index contributed by atoms with van der Waals surface area (Å²) < 4.78 is 12.5. The van der Waals surface area contributed by atoms with E-state index in [-0.39, 0.29) is 12.0 Å². The van der Waals surface area contributed by atoms with Crippen molar-refractivity contribution in [2.45, 2.75) is 39.2 Å². The topological polar surface area (TPSA) is 108 Å². The summed E-state index contributed by atoms with van der Waals surface area (Å²) in [5.74, 6) is 1.48. The molecule has 146 valence electrons. The number of rotatable bonds is 6. The third-order valence-electron chi connectivity index (χ3n) is 4.76. The molecular formula is C19H22N6O3. The highest BCUT2D eigenvalue weighted by molar-refractivity contribution is 5.95. The summed E-state index contributed by atoms with van der Waals surface area (Å²) in [6, 6.07) is 3.60.